The molecule has 0 amide bonds. The fourth-order valence-electron chi connectivity index (χ4n) is 2.23. The summed E-state index contributed by atoms with van der Waals surface area (Å²) in [4.78, 5) is 6.44. The van der Waals surface area contributed by atoms with Crippen molar-refractivity contribution in [2.75, 3.05) is 7.05 Å². The van der Waals surface area contributed by atoms with Gasteiger partial charge in [-0.25, -0.2) is 0 Å². The smallest absolute Gasteiger partial charge is 0.241 e. The standard InChI is InChI=1S/C16H16ClN3O2/c1-11(12-6-3-4-7-13(12)17)20(2)10-15-18-16(19-22-15)14-8-5-9-21-14/h3-9,11H,10H2,1-2H3/t11-/m0/s1. The first-order chi connectivity index (χ1) is 10.6. The lowest BCUT2D eigenvalue weighted by Gasteiger charge is -2.24. The van der Waals surface area contributed by atoms with Gasteiger partial charge in [-0.2, -0.15) is 4.98 Å². The number of benzene rings is 1. The Kier molecular flexibility index (Phi) is 4.27. The average Bonchev–Trinajstić information content (AvgIpc) is 3.17. The van der Waals surface area contributed by atoms with Crippen molar-refractivity contribution < 1.29 is 8.94 Å². The normalized spacial score (nSPS) is 12.7. The summed E-state index contributed by atoms with van der Waals surface area (Å²) < 4.78 is 10.5. The van der Waals surface area contributed by atoms with Gasteiger partial charge < -0.3 is 8.94 Å². The highest BCUT2D eigenvalue weighted by Crippen LogP contribution is 2.27. The first-order valence-electron chi connectivity index (χ1n) is 6.96. The van der Waals surface area contributed by atoms with Crippen LogP contribution in [0.5, 0.6) is 0 Å². The summed E-state index contributed by atoms with van der Waals surface area (Å²) in [5.41, 5.74) is 1.07. The Morgan fingerprint density at radius 3 is 2.77 bits per heavy atom. The molecule has 5 nitrogen and oxygen atoms in total. The monoisotopic (exact) mass is 317 g/mol. The number of hydrogen-bond donors (Lipinski definition) is 0. The van der Waals surface area contributed by atoms with Crippen molar-refractivity contribution in [3.63, 3.8) is 0 Å². The highest BCUT2D eigenvalue weighted by molar-refractivity contribution is 6.31. The molecule has 3 aromatic rings. The Bertz CT molecular complexity index is 739. The largest absolute Gasteiger partial charge is 0.461 e. The maximum atomic E-state index is 6.25. The molecule has 1 atom stereocenters. The Morgan fingerprint density at radius 1 is 1.23 bits per heavy atom. The number of hydrogen-bond acceptors (Lipinski definition) is 5. The van der Waals surface area contributed by atoms with Crippen molar-refractivity contribution in [3.05, 3.63) is 59.1 Å². The first kappa shape index (κ1) is 14.8. The second-order valence-electron chi connectivity index (χ2n) is 5.10. The molecular formula is C16H16ClN3O2. The van der Waals surface area contributed by atoms with Gasteiger partial charge in [0.15, 0.2) is 5.76 Å². The quantitative estimate of drug-likeness (QED) is 0.706. The molecule has 1 aromatic carbocycles. The van der Waals surface area contributed by atoms with E-state index < -0.39 is 0 Å². The molecule has 0 radical (unpaired) electrons. The summed E-state index contributed by atoms with van der Waals surface area (Å²) in [5, 5.41) is 4.68. The Labute approximate surface area is 133 Å². The summed E-state index contributed by atoms with van der Waals surface area (Å²) in [5.74, 6) is 1.59. The summed E-state index contributed by atoms with van der Waals surface area (Å²) in [6.45, 7) is 2.62. The van der Waals surface area contributed by atoms with Gasteiger partial charge in [0.05, 0.1) is 12.8 Å². The number of nitrogens with zero attached hydrogens (tertiary/aromatic N) is 3. The summed E-state index contributed by atoms with van der Waals surface area (Å²) in [7, 11) is 1.99. The second-order valence-corrected chi connectivity index (χ2v) is 5.51. The minimum Gasteiger partial charge on any atom is -0.461 e. The number of aromatic nitrogens is 2. The van der Waals surface area contributed by atoms with Crippen molar-refractivity contribution in [1.29, 1.82) is 0 Å². The fourth-order valence-corrected chi connectivity index (χ4v) is 2.52. The molecule has 2 heterocycles. The zero-order valence-electron chi connectivity index (χ0n) is 12.4. The van der Waals surface area contributed by atoms with Crippen LogP contribution in [0.3, 0.4) is 0 Å². The van der Waals surface area contributed by atoms with E-state index in [1.165, 1.54) is 0 Å². The topological polar surface area (TPSA) is 55.3 Å². The second kappa shape index (κ2) is 6.34. The van der Waals surface area contributed by atoms with Crippen LogP contribution in [0.1, 0.15) is 24.4 Å². The van der Waals surface area contributed by atoms with Crippen LogP contribution in [0.4, 0.5) is 0 Å². The predicted octanol–water partition coefficient (Wildman–Crippen LogP) is 4.18. The molecule has 0 saturated carbocycles. The maximum Gasteiger partial charge on any atom is 0.241 e. The van der Waals surface area contributed by atoms with Gasteiger partial charge in [-0.3, -0.25) is 4.90 Å². The van der Waals surface area contributed by atoms with Crippen LogP contribution in [0.2, 0.25) is 5.02 Å². The van der Waals surface area contributed by atoms with Gasteiger partial charge in [0.1, 0.15) is 0 Å². The van der Waals surface area contributed by atoms with E-state index in [4.69, 9.17) is 20.5 Å². The van der Waals surface area contributed by atoms with Crippen LogP contribution >= 0.6 is 11.6 Å². The zero-order valence-corrected chi connectivity index (χ0v) is 13.1. The summed E-state index contributed by atoms with van der Waals surface area (Å²) in [6, 6.07) is 11.5. The lowest BCUT2D eigenvalue weighted by Crippen LogP contribution is -2.22. The summed E-state index contributed by atoms with van der Waals surface area (Å²) in [6.07, 6.45) is 1.58. The molecule has 0 aliphatic carbocycles. The van der Waals surface area contributed by atoms with Gasteiger partial charge in [-0.1, -0.05) is 35.0 Å². The number of furan rings is 1. The average molecular weight is 318 g/mol. The molecule has 0 N–H and O–H groups in total. The van der Waals surface area contributed by atoms with E-state index in [2.05, 4.69) is 22.0 Å². The van der Waals surface area contributed by atoms with Crippen LogP contribution in [0, 0.1) is 0 Å². The molecule has 0 fully saturated rings. The van der Waals surface area contributed by atoms with Crippen LogP contribution in [0.25, 0.3) is 11.6 Å². The van der Waals surface area contributed by atoms with E-state index in [9.17, 15) is 0 Å². The molecule has 0 aliphatic rings. The van der Waals surface area contributed by atoms with Crippen LogP contribution < -0.4 is 0 Å². The Hall–Kier alpha value is -2.11. The zero-order chi connectivity index (χ0) is 15.5. The van der Waals surface area contributed by atoms with Crippen molar-refractivity contribution >= 4 is 11.6 Å². The molecule has 0 saturated heterocycles. The van der Waals surface area contributed by atoms with Crippen LogP contribution in [0.15, 0.2) is 51.6 Å². The van der Waals surface area contributed by atoms with E-state index in [1.54, 1.807) is 18.4 Å². The number of halogens is 1. The van der Waals surface area contributed by atoms with Crippen molar-refractivity contribution in [2.45, 2.75) is 19.5 Å². The molecule has 114 valence electrons. The lowest BCUT2D eigenvalue weighted by molar-refractivity contribution is 0.216. The van der Waals surface area contributed by atoms with E-state index in [0.29, 0.717) is 24.0 Å². The molecule has 0 bridgehead atoms. The molecule has 2 aromatic heterocycles. The molecule has 6 heteroatoms. The molecule has 0 aliphatic heterocycles. The van der Waals surface area contributed by atoms with Gasteiger partial charge in [-0.05, 0) is 37.7 Å². The van der Waals surface area contributed by atoms with Crippen molar-refractivity contribution in [3.8, 4) is 11.6 Å². The van der Waals surface area contributed by atoms with Gasteiger partial charge in [0.25, 0.3) is 0 Å². The van der Waals surface area contributed by atoms with Gasteiger partial charge >= 0.3 is 0 Å². The third-order valence-corrected chi connectivity index (χ3v) is 3.95. The third kappa shape index (κ3) is 3.05. The van der Waals surface area contributed by atoms with Gasteiger partial charge in [0.2, 0.25) is 11.7 Å². The number of rotatable bonds is 5. The predicted molar refractivity (Wildman–Crippen MR) is 83.3 cm³/mol. The molecule has 3 rings (SSSR count). The SMILES string of the molecule is C[C@@H](c1ccccc1Cl)N(C)Cc1nc(-c2ccco2)no1. The van der Waals surface area contributed by atoms with E-state index in [-0.39, 0.29) is 6.04 Å². The summed E-state index contributed by atoms with van der Waals surface area (Å²) >= 11 is 6.25. The lowest BCUT2D eigenvalue weighted by atomic mass is 10.1. The van der Waals surface area contributed by atoms with E-state index in [1.807, 2.05) is 31.3 Å². The molecule has 22 heavy (non-hydrogen) atoms. The minimum absolute atomic E-state index is 0.132. The third-order valence-electron chi connectivity index (χ3n) is 3.61. The first-order valence-corrected chi connectivity index (χ1v) is 7.34. The van der Waals surface area contributed by atoms with Crippen LogP contribution in [-0.2, 0) is 6.54 Å². The maximum absolute atomic E-state index is 6.25. The minimum atomic E-state index is 0.132. The van der Waals surface area contributed by atoms with Crippen LogP contribution in [-0.4, -0.2) is 22.1 Å². The highest BCUT2D eigenvalue weighted by Gasteiger charge is 2.18. The van der Waals surface area contributed by atoms with E-state index in [0.717, 1.165) is 10.6 Å². The van der Waals surface area contributed by atoms with E-state index >= 15 is 0 Å². The molecular weight excluding hydrogens is 302 g/mol. The van der Waals surface area contributed by atoms with Gasteiger partial charge in [0, 0.05) is 11.1 Å². The Morgan fingerprint density at radius 2 is 2.05 bits per heavy atom. The molecule has 0 spiro atoms. The fraction of sp³-hybridized carbons (Fsp3) is 0.250. The van der Waals surface area contributed by atoms with Gasteiger partial charge in [-0.15, -0.1) is 0 Å². The van der Waals surface area contributed by atoms with Crippen molar-refractivity contribution in [1.82, 2.24) is 15.0 Å². The highest BCUT2D eigenvalue weighted by atomic mass is 35.5. The molecule has 0 unspecified atom stereocenters. The Balaban J connectivity index is 1.72. The van der Waals surface area contributed by atoms with Crippen molar-refractivity contribution in [2.24, 2.45) is 0 Å².